The van der Waals surface area contributed by atoms with Crippen LogP contribution in [-0.4, -0.2) is 24.1 Å². The molecular weight excluding hydrogens is 402 g/mol. The van der Waals surface area contributed by atoms with Crippen LogP contribution in [0.2, 0.25) is 5.02 Å². The third kappa shape index (κ3) is 2.66. The Hall–Kier alpha value is -3.45. The summed E-state index contributed by atoms with van der Waals surface area (Å²) < 4.78 is 8.96. The fourth-order valence-electron chi connectivity index (χ4n) is 3.82. The van der Waals surface area contributed by atoms with Gasteiger partial charge in [0.1, 0.15) is 11.8 Å². The minimum atomic E-state index is -0.188. The Labute approximate surface area is 175 Å². The summed E-state index contributed by atoms with van der Waals surface area (Å²) in [6, 6.07) is 15.3. The molecule has 3 heterocycles. The summed E-state index contributed by atoms with van der Waals surface area (Å²) in [7, 11) is 0. The summed E-state index contributed by atoms with van der Waals surface area (Å²) in [6.07, 6.45) is 3.77. The van der Waals surface area contributed by atoms with Gasteiger partial charge in [0.2, 0.25) is 0 Å². The van der Waals surface area contributed by atoms with Crippen LogP contribution in [0.4, 0.5) is 0 Å². The van der Waals surface area contributed by atoms with Crippen LogP contribution in [0.1, 0.15) is 30.1 Å². The second-order valence-electron chi connectivity index (χ2n) is 7.52. The maximum absolute atomic E-state index is 13.6. The molecule has 0 saturated heterocycles. The van der Waals surface area contributed by atoms with E-state index in [1.807, 2.05) is 48.5 Å². The highest BCUT2D eigenvalue weighted by molar-refractivity contribution is 6.31. The van der Waals surface area contributed by atoms with Crippen LogP contribution < -0.4 is 5.56 Å². The van der Waals surface area contributed by atoms with Gasteiger partial charge in [0.15, 0.2) is 11.5 Å². The van der Waals surface area contributed by atoms with Crippen LogP contribution in [-0.2, 0) is 6.54 Å². The summed E-state index contributed by atoms with van der Waals surface area (Å²) in [5.41, 5.74) is 3.14. The minimum absolute atomic E-state index is 0.188. The summed E-state index contributed by atoms with van der Waals surface area (Å²) in [4.78, 5) is 22.6. The van der Waals surface area contributed by atoms with Crippen molar-refractivity contribution >= 4 is 28.2 Å². The molecule has 6 rings (SSSR count). The molecule has 0 spiro atoms. The van der Waals surface area contributed by atoms with Gasteiger partial charge in [-0.25, -0.2) is 4.98 Å². The van der Waals surface area contributed by atoms with Gasteiger partial charge in [-0.1, -0.05) is 47.1 Å². The number of halogens is 1. The maximum Gasteiger partial charge on any atom is 0.278 e. The SMILES string of the molecule is O=c1c2c(-c3nc(C4CC4)no3)ncn2c2ccccc2n1Cc1ccccc1Cl. The van der Waals surface area contributed by atoms with Crippen LogP contribution in [0.25, 0.3) is 28.1 Å². The number of aromatic nitrogens is 5. The highest BCUT2D eigenvalue weighted by Crippen LogP contribution is 2.39. The molecule has 7 nitrogen and oxygen atoms in total. The lowest BCUT2D eigenvalue weighted by Gasteiger charge is -2.13. The predicted molar refractivity (Wildman–Crippen MR) is 113 cm³/mol. The van der Waals surface area contributed by atoms with Gasteiger partial charge in [0.05, 0.1) is 17.6 Å². The van der Waals surface area contributed by atoms with Crippen molar-refractivity contribution in [3.8, 4) is 11.6 Å². The van der Waals surface area contributed by atoms with Crippen molar-refractivity contribution in [2.45, 2.75) is 25.3 Å². The topological polar surface area (TPSA) is 78.2 Å². The number of hydrogen-bond donors (Lipinski definition) is 0. The Morgan fingerprint density at radius 3 is 2.63 bits per heavy atom. The van der Waals surface area contributed by atoms with Crippen LogP contribution in [0, 0.1) is 0 Å². The van der Waals surface area contributed by atoms with Crippen LogP contribution >= 0.6 is 11.6 Å². The molecule has 30 heavy (non-hydrogen) atoms. The Kier molecular flexibility index (Phi) is 3.79. The smallest absolute Gasteiger partial charge is 0.278 e. The first kappa shape index (κ1) is 17.4. The van der Waals surface area contributed by atoms with Crippen molar-refractivity contribution in [3.63, 3.8) is 0 Å². The standard InChI is InChI=1S/C22H16ClN5O2/c23-15-6-2-1-5-14(15)11-27-16-7-3-4-8-17(16)28-12-24-18(19(28)22(27)29)21-25-20(26-30-21)13-9-10-13/h1-8,12-13H,9-11H2. The average Bonchev–Trinajstić information content (AvgIpc) is 3.32. The monoisotopic (exact) mass is 417 g/mol. The summed E-state index contributed by atoms with van der Waals surface area (Å²) in [5.74, 6) is 1.31. The molecular formula is C22H16ClN5O2. The van der Waals surface area contributed by atoms with E-state index in [0.29, 0.717) is 34.5 Å². The van der Waals surface area contributed by atoms with E-state index in [1.54, 1.807) is 15.3 Å². The summed E-state index contributed by atoms with van der Waals surface area (Å²) in [5, 5.41) is 4.69. The number of hydrogen-bond acceptors (Lipinski definition) is 5. The molecule has 0 bridgehead atoms. The number of rotatable bonds is 4. The summed E-state index contributed by atoms with van der Waals surface area (Å²) >= 11 is 6.37. The van der Waals surface area contributed by atoms with E-state index in [-0.39, 0.29) is 11.4 Å². The average molecular weight is 418 g/mol. The highest BCUT2D eigenvalue weighted by Gasteiger charge is 2.30. The molecule has 0 N–H and O–H groups in total. The molecule has 0 amide bonds. The fourth-order valence-corrected chi connectivity index (χ4v) is 4.01. The quantitative estimate of drug-likeness (QED) is 0.436. The van der Waals surface area contributed by atoms with Crippen molar-refractivity contribution in [1.82, 2.24) is 24.1 Å². The van der Waals surface area contributed by atoms with E-state index < -0.39 is 0 Å². The highest BCUT2D eigenvalue weighted by atomic mass is 35.5. The first-order chi connectivity index (χ1) is 14.7. The molecule has 1 aliphatic rings. The van der Waals surface area contributed by atoms with Crippen LogP contribution in [0.5, 0.6) is 0 Å². The maximum atomic E-state index is 13.6. The number of benzene rings is 2. The minimum Gasteiger partial charge on any atom is -0.332 e. The van der Waals surface area contributed by atoms with E-state index in [4.69, 9.17) is 16.1 Å². The molecule has 1 aliphatic carbocycles. The lowest BCUT2D eigenvalue weighted by molar-refractivity contribution is 0.422. The lowest BCUT2D eigenvalue weighted by Crippen LogP contribution is -2.23. The molecule has 0 radical (unpaired) electrons. The summed E-state index contributed by atoms with van der Waals surface area (Å²) in [6.45, 7) is 0.345. The largest absolute Gasteiger partial charge is 0.332 e. The van der Waals surface area contributed by atoms with Crippen LogP contribution in [0.3, 0.4) is 0 Å². The number of para-hydroxylation sites is 2. The van der Waals surface area contributed by atoms with Gasteiger partial charge in [-0.3, -0.25) is 9.20 Å². The van der Waals surface area contributed by atoms with Gasteiger partial charge in [0, 0.05) is 10.9 Å². The molecule has 0 aliphatic heterocycles. The first-order valence-electron chi connectivity index (χ1n) is 9.76. The Bertz CT molecular complexity index is 1480. The molecule has 8 heteroatoms. The van der Waals surface area contributed by atoms with Gasteiger partial charge in [0.25, 0.3) is 11.4 Å². The van der Waals surface area contributed by atoms with E-state index >= 15 is 0 Å². The third-order valence-electron chi connectivity index (χ3n) is 5.52. The second-order valence-corrected chi connectivity index (χ2v) is 7.92. The van der Waals surface area contributed by atoms with E-state index in [2.05, 4.69) is 15.1 Å². The van der Waals surface area contributed by atoms with E-state index in [9.17, 15) is 4.79 Å². The number of nitrogens with zero attached hydrogens (tertiary/aromatic N) is 5. The molecule has 148 valence electrons. The molecule has 1 saturated carbocycles. The van der Waals surface area contributed by atoms with Gasteiger partial charge < -0.3 is 9.09 Å². The Morgan fingerprint density at radius 2 is 1.83 bits per heavy atom. The molecule has 1 fully saturated rings. The Balaban J connectivity index is 1.61. The fraction of sp³-hybridized carbons (Fsp3) is 0.182. The molecule has 0 atom stereocenters. The van der Waals surface area contributed by atoms with Gasteiger partial charge >= 0.3 is 0 Å². The second kappa shape index (κ2) is 6.53. The van der Waals surface area contributed by atoms with Gasteiger partial charge in [-0.15, -0.1) is 0 Å². The normalized spacial score (nSPS) is 14.0. The molecule has 2 aromatic carbocycles. The third-order valence-corrected chi connectivity index (χ3v) is 5.89. The van der Waals surface area contributed by atoms with Crippen molar-refractivity contribution in [3.05, 3.63) is 81.6 Å². The zero-order chi connectivity index (χ0) is 20.2. The van der Waals surface area contributed by atoms with E-state index in [0.717, 1.165) is 29.4 Å². The first-order valence-corrected chi connectivity index (χ1v) is 10.1. The van der Waals surface area contributed by atoms with Crippen LogP contribution in [0.15, 0.2) is 64.2 Å². The predicted octanol–water partition coefficient (Wildman–Crippen LogP) is 4.28. The number of fused-ring (bicyclic) bond motifs is 3. The Morgan fingerprint density at radius 1 is 1.07 bits per heavy atom. The zero-order valence-corrected chi connectivity index (χ0v) is 16.6. The van der Waals surface area contributed by atoms with Gasteiger partial charge in [-0.2, -0.15) is 4.98 Å². The molecule has 0 unspecified atom stereocenters. The van der Waals surface area contributed by atoms with Crippen molar-refractivity contribution in [1.29, 1.82) is 0 Å². The molecule has 3 aromatic heterocycles. The van der Waals surface area contributed by atoms with E-state index in [1.165, 1.54) is 0 Å². The molecule has 5 aromatic rings. The van der Waals surface area contributed by atoms with Gasteiger partial charge in [-0.05, 0) is 36.6 Å². The van der Waals surface area contributed by atoms with Crippen molar-refractivity contribution in [2.24, 2.45) is 0 Å². The lowest BCUT2D eigenvalue weighted by atomic mass is 10.2. The van der Waals surface area contributed by atoms with Crippen molar-refractivity contribution < 1.29 is 4.52 Å². The van der Waals surface area contributed by atoms with Crippen molar-refractivity contribution in [2.75, 3.05) is 0 Å². The zero-order valence-electron chi connectivity index (χ0n) is 15.8. The number of imidazole rings is 1.